The molecule has 1 heterocycles. The van der Waals surface area contributed by atoms with Gasteiger partial charge in [0.05, 0.1) is 11.7 Å². The van der Waals surface area contributed by atoms with E-state index in [0.717, 1.165) is 31.6 Å². The quantitative estimate of drug-likeness (QED) is 0.607. The molecule has 0 bridgehead atoms. The zero-order valence-corrected chi connectivity index (χ0v) is 12.0. The minimum atomic E-state index is 0.300. The maximum absolute atomic E-state index is 6.08. The van der Waals surface area contributed by atoms with Gasteiger partial charge in [-0.25, -0.2) is 0 Å². The molecule has 3 nitrogen and oxygen atoms in total. The maximum atomic E-state index is 6.08. The van der Waals surface area contributed by atoms with Gasteiger partial charge in [-0.2, -0.15) is 5.10 Å². The number of nitrogens with one attached hydrogen (secondary N) is 1. The number of nitrogens with zero attached hydrogens (tertiary/aromatic N) is 2. The van der Waals surface area contributed by atoms with Crippen LogP contribution >= 0.6 is 11.6 Å². The van der Waals surface area contributed by atoms with E-state index < -0.39 is 0 Å². The molecule has 18 heavy (non-hydrogen) atoms. The van der Waals surface area contributed by atoms with Crippen LogP contribution in [-0.2, 0) is 6.54 Å². The molecular weight excluding hydrogens is 246 g/mol. The Morgan fingerprint density at radius 3 is 3.00 bits per heavy atom. The van der Waals surface area contributed by atoms with Crippen molar-refractivity contribution in [2.24, 2.45) is 0 Å². The Kier molecular flexibility index (Phi) is 5.51. The van der Waals surface area contributed by atoms with Crippen molar-refractivity contribution in [3.8, 4) is 0 Å². The molecular formula is C14H24ClN3. The summed E-state index contributed by atoms with van der Waals surface area (Å²) in [6.07, 6.45) is 9.49. The zero-order valence-electron chi connectivity index (χ0n) is 11.2. The summed E-state index contributed by atoms with van der Waals surface area (Å²) < 4.78 is 2.15. The zero-order chi connectivity index (χ0) is 12.8. The van der Waals surface area contributed by atoms with Gasteiger partial charge < -0.3 is 5.32 Å². The number of hydrogen-bond acceptors (Lipinski definition) is 2. The van der Waals surface area contributed by atoms with Gasteiger partial charge in [-0.05, 0) is 38.3 Å². The van der Waals surface area contributed by atoms with Gasteiger partial charge in [-0.3, -0.25) is 4.68 Å². The molecule has 1 aliphatic rings. The van der Waals surface area contributed by atoms with E-state index in [1.807, 2.05) is 0 Å². The fraction of sp³-hybridized carbons (Fsp3) is 0.786. The first kappa shape index (κ1) is 13.9. The average Bonchev–Trinajstić information content (AvgIpc) is 3.04. The highest BCUT2D eigenvalue weighted by molar-refractivity contribution is 6.20. The molecule has 0 amide bonds. The molecule has 0 radical (unpaired) electrons. The van der Waals surface area contributed by atoms with Crippen LogP contribution in [0.15, 0.2) is 12.3 Å². The lowest BCUT2D eigenvalue weighted by atomic mass is 10.2. The van der Waals surface area contributed by atoms with Crippen LogP contribution in [0.4, 0.5) is 0 Å². The van der Waals surface area contributed by atoms with Crippen LogP contribution in [0.25, 0.3) is 0 Å². The van der Waals surface area contributed by atoms with Gasteiger partial charge in [0, 0.05) is 18.1 Å². The average molecular weight is 270 g/mol. The molecule has 1 N–H and O–H groups in total. The fourth-order valence-electron chi connectivity index (χ4n) is 2.52. The largest absolute Gasteiger partial charge is 0.311 e. The number of halogens is 1. The summed E-state index contributed by atoms with van der Waals surface area (Å²) in [6, 6.07) is 2.77. The van der Waals surface area contributed by atoms with E-state index in [2.05, 4.69) is 34.3 Å². The second kappa shape index (κ2) is 7.15. The molecule has 1 fully saturated rings. The monoisotopic (exact) mass is 269 g/mol. The van der Waals surface area contributed by atoms with Gasteiger partial charge in [0.2, 0.25) is 0 Å². The Balaban J connectivity index is 1.70. The van der Waals surface area contributed by atoms with E-state index in [0.29, 0.717) is 11.4 Å². The number of hydrogen-bond donors (Lipinski definition) is 1. The highest BCUT2D eigenvalue weighted by Crippen LogP contribution is 2.28. The summed E-state index contributed by atoms with van der Waals surface area (Å²) in [4.78, 5) is 0. The van der Waals surface area contributed by atoms with Crippen molar-refractivity contribution in [3.05, 3.63) is 18.0 Å². The van der Waals surface area contributed by atoms with E-state index >= 15 is 0 Å². The minimum Gasteiger partial charge on any atom is -0.311 e. The smallest absolute Gasteiger partial charge is 0.0762 e. The Bertz CT molecular complexity index is 345. The third-order valence-corrected chi connectivity index (χ3v) is 4.27. The molecule has 1 saturated carbocycles. The predicted molar refractivity (Wildman–Crippen MR) is 76.0 cm³/mol. The topological polar surface area (TPSA) is 29.9 Å². The maximum Gasteiger partial charge on any atom is 0.0762 e. The highest BCUT2D eigenvalue weighted by Gasteiger charge is 2.17. The highest BCUT2D eigenvalue weighted by atomic mass is 35.5. The van der Waals surface area contributed by atoms with Crippen molar-refractivity contribution >= 4 is 11.6 Å². The van der Waals surface area contributed by atoms with Crippen LogP contribution < -0.4 is 5.32 Å². The summed E-state index contributed by atoms with van der Waals surface area (Å²) in [5, 5.41) is 8.36. The summed E-state index contributed by atoms with van der Waals surface area (Å²) in [5.74, 6) is 0. The van der Waals surface area contributed by atoms with Crippen LogP contribution in [0, 0.1) is 0 Å². The molecule has 102 valence electrons. The first-order chi connectivity index (χ1) is 8.79. The molecule has 4 heteroatoms. The molecule has 0 aromatic carbocycles. The van der Waals surface area contributed by atoms with E-state index in [1.165, 1.54) is 25.7 Å². The second-order valence-electron chi connectivity index (χ2n) is 5.20. The Hall–Kier alpha value is -0.540. The van der Waals surface area contributed by atoms with Gasteiger partial charge in [0.15, 0.2) is 0 Å². The van der Waals surface area contributed by atoms with Crippen molar-refractivity contribution in [2.45, 2.75) is 63.4 Å². The van der Waals surface area contributed by atoms with Crippen LogP contribution in [-0.4, -0.2) is 21.7 Å². The molecule has 0 spiro atoms. The molecule has 1 aromatic heterocycles. The lowest BCUT2D eigenvalue weighted by Crippen LogP contribution is -2.18. The van der Waals surface area contributed by atoms with E-state index in [9.17, 15) is 0 Å². The Morgan fingerprint density at radius 1 is 1.50 bits per heavy atom. The fourth-order valence-corrected chi connectivity index (χ4v) is 2.63. The van der Waals surface area contributed by atoms with Crippen molar-refractivity contribution in [3.63, 3.8) is 0 Å². The molecule has 1 atom stereocenters. The molecule has 1 aromatic rings. The first-order valence-electron chi connectivity index (χ1n) is 7.18. The van der Waals surface area contributed by atoms with Crippen LogP contribution in [0.2, 0.25) is 0 Å². The number of rotatable bonds is 7. The van der Waals surface area contributed by atoms with Gasteiger partial charge in [0.25, 0.3) is 0 Å². The molecule has 1 unspecified atom stereocenters. The van der Waals surface area contributed by atoms with Crippen molar-refractivity contribution in [1.29, 1.82) is 0 Å². The Labute approximate surface area is 115 Å². The molecule has 0 aliphatic heterocycles. The standard InChI is InChI=1S/C14H24ClN3/c1-2-12(15)7-9-16-11-13-8-10-18(17-13)14-5-3-4-6-14/h8,10,12,14,16H,2-7,9,11H2,1H3. The predicted octanol–water partition coefficient (Wildman–Crippen LogP) is 3.50. The second-order valence-corrected chi connectivity index (χ2v) is 5.81. The van der Waals surface area contributed by atoms with E-state index in [4.69, 9.17) is 11.6 Å². The summed E-state index contributed by atoms with van der Waals surface area (Å²) >= 11 is 6.08. The van der Waals surface area contributed by atoms with Gasteiger partial charge in [-0.1, -0.05) is 19.8 Å². The van der Waals surface area contributed by atoms with Crippen LogP contribution in [0.3, 0.4) is 0 Å². The molecule has 1 aliphatic carbocycles. The third kappa shape index (κ3) is 3.99. The van der Waals surface area contributed by atoms with Gasteiger partial charge in [0.1, 0.15) is 0 Å². The van der Waals surface area contributed by atoms with E-state index in [-0.39, 0.29) is 0 Å². The van der Waals surface area contributed by atoms with Crippen LogP contribution in [0.5, 0.6) is 0 Å². The lowest BCUT2D eigenvalue weighted by Gasteiger charge is -2.09. The minimum absolute atomic E-state index is 0.300. The lowest BCUT2D eigenvalue weighted by molar-refractivity contribution is 0.460. The summed E-state index contributed by atoms with van der Waals surface area (Å²) in [6.45, 7) is 3.95. The SMILES string of the molecule is CCC(Cl)CCNCc1ccn(C2CCCC2)n1. The van der Waals surface area contributed by atoms with E-state index in [1.54, 1.807) is 0 Å². The summed E-state index contributed by atoms with van der Waals surface area (Å²) in [7, 11) is 0. The van der Waals surface area contributed by atoms with Crippen molar-refractivity contribution in [1.82, 2.24) is 15.1 Å². The normalized spacial score (nSPS) is 18.3. The molecule has 2 rings (SSSR count). The third-order valence-electron chi connectivity index (χ3n) is 3.75. The Morgan fingerprint density at radius 2 is 2.28 bits per heavy atom. The number of alkyl halides is 1. The number of aromatic nitrogens is 2. The van der Waals surface area contributed by atoms with Gasteiger partial charge in [-0.15, -0.1) is 11.6 Å². The van der Waals surface area contributed by atoms with Crippen molar-refractivity contribution in [2.75, 3.05) is 6.54 Å². The summed E-state index contributed by atoms with van der Waals surface area (Å²) in [5.41, 5.74) is 1.14. The molecule has 0 saturated heterocycles. The van der Waals surface area contributed by atoms with Gasteiger partial charge >= 0.3 is 0 Å². The first-order valence-corrected chi connectivity index (χ1v) is 7.62. The van der Waals surface area contributed by atoms with Crippen LogP contribution in [0.1, 0.15) is 57.2 Å². The van der Waals surface area contributed by atoms with Crippen molar-refractivity contribution < 1.29 is 0 Å².